The summed E-state index contributed by atoms with van der Waals surface area (Å²) in [6.07, 6.45) is -0.681. The van der Waals surface area contributed by atoms with Gasteiger partial charge in [0.25, 0.3) is 0 Å². The van der Waals surface area contributed by atoms with Gasteiger partial charge in [0.2, 0.25) is 0 Å². The summed E-state index contributed by atoms with van der Waals surface area (Å²) in [4.78, 5) is 19.6. The third-order valence-electron chi connectivity index (χ3n) is 1.05. The molecule has 0 fully saturated rings. The van der Waals surface area contributed by atoms with Gasteiger partial charge in [-0.2, -0.15) is 0 Å². The van der Waals surface area contributed by atoms with Crippen molar-refractivity contribution in [2.75, 3.05) is 13.7 Å². The molecule has 1 N–H and O–H groups in total. The molecule has 0 aliphatic rings. The molecule has 0 saturated heterocycles. The predicted molar refractivity (Wildman–Crippen MR) is 46.4 cm³/mol. The summed E-state index contributed by atoms with van der Waals surface area (Å²) in [5.74, 6) is -1.14. The van der Waals surface area contributed by atoms with Crippen LogP contribution >= 0.6 is 0 Å². The molecule has 0 saturated carbocycles. The number of hydrogen-bond acceptors (Lipinski definition) is 4. The van der Waals surface area contributed by atoms with Crippen molar-refractivity contribution in [3.8, 4) is 0 Å². The Kier molecular flexibility index (Phi) is 9.98. The average molecular weight is 192 g/mol. The van der Waals surface area contributed by atoms with Crippen LogP contribution in [0.3, 0.4) is 0 Å². The quantitative estimate of drug-likeness (QED) is 0.665. The van der Waals surface area contributed by atoms with E-state index in [1.807, 2.05) is 0 Å². The molecule has 0 aromatic carbocycles. The van der Waals surface area contributed by atoms with Crippen molar-refractivity contribution in [2.45, 2.75) is 26.9 Å². The summed E-state index contributed by atoms with van der Waals surface area (Å²) in [6, 6.07) is 0. The Bertz CT molecular complexity index is 155. The summed E-state index contributed by atoms with van der Waals surface area (Å²) in [7, 11) is 1.36. The number of hydrogen-bond donors (Lipinski definition) is 1. The first-order valence-corrected chi connectivity index (χ1v) is 3.84. The SMILES string of the molecule is CCOC(C)=O.COC(C)C(=O)O. The van der Waals surface area contributed by atoms with Crippen molar-refractivity contribution in [1.29, 1.82) is 0 Å². The van der Waals surface area contributed by atoms with E-state index in [1.165, 1.54) is 21.0 Å². The lowest BCUT2D eigenvalue weighted by molar-refractivity contribution is -0.147. The number of carbonyl (C=O) groups is 2. The Morgan fingerprint density at radius 1 is 1.46 bits per heavy atom. The Morgan fingerprint density at radius 2 is 1.92 bits per heavy atom. The van der Waals surface area contributed by atoms with Crippen molar-refractivity contribution in [1.82, 2.24) is 0 Å². The van der Waals surface area contributed by atoms with E-state index in [-0.39, 0.29) is 5.97 Å². The van der Waals surface area contributed by atoms with E-state index in [1.54, 1.807) is 6.92 Å². The molecular weight excluding hydrogens is 176 g/mol. The van der Waals surface area contributed by atoms with Gasteiger partial charge in [0, 0.05) is 14.0 Å². The van der Waals surface area contributed by atoms with Gasteiger partial charge in [-0.3, -0.25) is 4.79 Å². The molecule has 0 aromatic rings. The first-order chi connectivity index (χ1) is 5.95. The van der Waals surface area contributed by atoms with Gasteiger partial charge < -0.3 is 14.6 Å². The molecule has 1 atom stereocenters. The number of carboxylic acids is 1. The molecule has 0 amide bonds. The summed E-state index contributed by atoms with van der Waals surface area (Å²) in [5, 5.41) is 8.06. The van der Waals surface area contributed by atoms with Crippen LogP contribution in [0.4, 0.5) is 0 Å². The summed E-state index contributed by atoms with van der Waals surface area (Å²) < 4.78 is 8.81. The molecule has 0 aromatic heterocycles. The first-order valence-electron chi connectivity index (χ1n) is 3.84. The van der Waals surface area contributed by atoms with Crippen LogP contribution in [0.25, 0.3) is 0 Å². The van der Waals surface area contributed by atoms with Gasteiger partial charge in [-0.1, -0.05) is 0 Å². The number of aliphatic carboxylic acids is 1. The highest BCUT2D eigenvalue weighted by molar-refractivity contribution is 5.71. The molecule has 0 spiro atoms. The van der Waals surface area contributed by atoms with Gasteiger partial charge in [0.1, 0.15) is 0 Å². The molecule has 0 bridgehead atoms. The van der Waals surface area contributed by atoms with Crippen LogP contribution in [0.15, 0.2) is 0 Å². The van der Waals surface area contributed by atoms with Crippen LogP contribution in [-0.4, -0.2) is 36.9 Å². The highest BCUT2D eigenvalue weighted by atomic mass is 16.5. The maximum Gasteiger partial charge on any atom is 0.332 e. The van der Waals surface area contributed by atoms with Crippen LogP contribution in [0.1, 0.15) is 20.8 Å². The molecule has 0 aliphatic heterocycles. The van der Waals surface area contributed by atoms with E-state index in [0.717, 1.165) is 0 Å². The van der Waals surface area contributed by atoms with E-state index < -0.39 is 12.1 Å². The topological polar surface area (TPSA) is 72.8 Å². The van der Waals surface area contributed by atoms with Crippen LogP contribution in [0.5, 0.6) is 0 Å². The van der Waals surface area contributed by atoms with Crippen molar-refractivity contribution in [2.24, 2.45) is 0 Å². The van der Waals surface area contributed by atoms with Gasteiger partial charge >= 0.3 is 11.9 Å². The van der Waals surface area contributed by atoms with Gasteiger partial charge in [0.05, 0.1) is 6.61 Å². The number of esters is 1. The number of carboxylic acid groups (broad SMARTS) is 1. The Morgan fingerprint density at radius 3 is 1.92 bits per heavy atom. The van der Waals surface area contributed by atoms with Gasteiger partial charge in [-0.05, 0) is 13.8 Å². The lowest BCUT2D eigenvalue weighted by Crippen LogP contribution is -2.17. The number of carbonyl (C=O) groups excluding carboxylic acids is 1. The second kappa shape index (κ2) is 8.99. The van der Waals surface area contributed by atoms with E-state index in [2.05, 4.69) is 9.47 Å². The minimum Gasteiger partial charge on any atom is -0.479 e. The highest BCUT2D eigenvalue weighted by Gasteiger charge is 2.06. The maximum absolute atomic E-state index is 9.82. The second-order valence-corrected chi connectivity index (χ2v) is 2.14. The van der Waals surface area contributed by atoms with Crippen molar-refractivity contribution < 1.29 is 24.2 Å². The molecule has 13 heavy (non-hydrogen) atoms. The monoisotopic (exact) mass is 192 g/mol. The highest BCUT2D eigenvalue weighted by Crippen LogP contribution is 1.83. The van der Waals surface area contributed by atoms with Gasteiger partial charge in [-0.15, -0.1) is 0 Å². The zero-order chi connectivity index (χ0) is 10.9. The third-order valence-corrected chi connectivity index (χ3v) is 1.05. The smallest absolute Gasteiger partial charge is 0.332 e. The molecule has 5 heteroatoms. The predicted octanol–water partition coefficient (Wildman–Crippen LogP) is 0.675. The lowest BCUT2D eigenvalue weighted by atomic mass is 10.4. The van der Waals surface area contributed by atoms with E-state index in [0.29, 0.717) is 6.61 Å². The van der Waals surface area contributed by atoms with Crippen LogP contribution in [-0.2, 0) is 19.1 Å². The van der Waals surface area contributed by atoms with Crippen LogP contribution in [0, 0.1) is 0 Å². The zero-order valence-electron chi connectivity index (χ0n) is 8.36. The van der Waals surface area contributed by atoms with Crippen molar-refractivity contribution >= 4 is 11.9 Å². The summed E-state index contributed by atoms with van der Waals surface area (Å²) in [5.41, 5.74) is 0. The number of methoxy groups -OCH3 is 1. The largest absolute Gasteiger partial charge is 0.479 e. The normalized spacial score (nSPS) is 10.8. The third kappa shape index (κ3) is 13.8. The molecule has 78 valence electrons. The Hall–Kier alpha value is -1.10. The molecule has 0 radical (unpaired) electrons. The molecule has 0 heterocycles. The van der Waals surface area contributed by atoms with Crippen LogP contribution < -0.4 is 0 Å². The molecule has 5 nitrogen and oxygen atoms in total. The van der Waals surface area contributed by atoms with Crippen LogP contribution in [0.2, 0.25) is 0 Å². The fraction of sp³-hybridized carbons (Fsp3) is 0.750. The van der Waals surface area contributed by atoms with Gasteiger partial charge in [0.15, 0.2) is 6.10 Å². The standard InChI is InChI=1S/C4H8O3.C4H8O2/c1-3(7-2)4(5)6;1-3-6-4(2)5/h3H,1-2H3,(H,5,6);3H2,1-2H3. The van der Waals surface area contributed by atoms with Crippen molar-refractivity contribution in [3.63, 3.8) is 0 Å². The number of rotatable bonds is 3. The van der Waals surface area contributed by atoms with E-state index >= 15 is 0 Å². The van der Waals surface area contributed by atoms with E-state index in [4.69, 9.17) is 5.11 Å². The fourth-order valence-corrected chi connectivity index (χ4v) is 0.304. The molecule has 0 rings (SSSR count). The minimum atomic E-state index is -0.928. The lowest BCUT2D eigenvalue weighted by Gasteiger charge is -1.98. The zero-order valence-corrected chi connectivity index (χ0v) is 8.36. The molecule has 1 unspecified atom stereocenters. The summed E-state index contributed by atoms with van der Waals surface area (Å²) in [6.45, 7) is 5.13. The van der Waals surface area contributed by atoms with E-state index in [9.17, 15) is 9.59 Å². The maximum atomic E-state index is 9.82. The molecule has 0 aliphatic carbocycles. The number of ether oxygens (including phenoxy) is 2. The second-order valence-electron chi connectivity index (χ2n) is 2.14. The average Bonchev–Trinajstić information content (AvgIpc) is 2.03. The fourth-order valence-electron chi connectivity index (χ4n) is 0.304. The first kappa shape index (κ1) is 14.4. The summed E-state index contributed by atoms with van der Waals surface area (Å²) >= 11 is 0. The molecular formula is C8H16O5. The minimum absolute atomic E-state index is 0.211. The van der Waals surface area contributed by atoms with Crippen molar-refractivity contribution in [3.05, 3.63) is 0 Å². The van der Waals surface area contributed by atoms with Gasteiger partial charge in [-0.25, -0.2) is 4.79 Å². The Labute approximate surface area is 77.6 Å². The Balaban J connectivity index is 0.